The Morgan fingerprint density at radius 1 is 1.21 bits per heavy atom. The van der Waals surface area contributed by atoms with E-state index < -0.39 is 0 Å². The first kappa shape index (κ1) is 19.1. The zero-order valence-corrected chi connectivity index (χ0v) is 17.1. The van der Waals surface area contributed by atoms with Gasteiger partial charge in [0.2, 0.25) is 5.91 Å². The Hall–Kier alpha value is -1.92. The van der Waals surface area contributed by atoms with Crippen molar-refractivity contribution in [3.8, 4) is 0 Å². The summed E-state index contributed by atoms with van der Waals surface area (Å²) in [5, 5.41) is 14.3. The van der Waals surface area contributed by atoms with Crippen LogP contribution >= 0.6 is 0 Å². The highest BCUT2D eigenvalue weighted by Crippen LogP contribution is 2.35. The Kier molecular flexibility index (Phi) is 5.31. The molecule has 1 saturated carbocycles. The molecule has 4 fully saturated rings. The number of benzene rings is 1. The summed E-state index contributed by atoms with van der Waals surface area (Å²) in [5.74, 6) is 0.544. The average Bonchev–Trinajstić information content (AvgIpc) is 3.50. The van der Waals surface area contributed by atoms with Gasteiger partial charge in [-0.1, -0.05) is 12.1 Å². The van der Waals surface area contributed by atoms with Crippen LogP contribution in [0, 0.1) is 11.3 Å². The lowest BCUT2D eigenvalue weighted by molar-refractivity contribution is -0.124. The van der Waals surface area contributed by atoms with E-state index in [1.165, 1.54) is 49.8 Å². The first-order valence-electron chi connectivity index (χ1n) is 11.3. The van der Waals surface area contributed by atoms with E-state index in [0.717, 1.165) is 32.0 Å². The van der Waals surface area contributed by atoms with Gasteiger partial charge >= 0.3 is 0 Å². The molecule has 1 amide bonds. The van der Waals surface area contributed by atoms with Crippen LogP contribution < -0.4 is 15.5 Å². The van der Waals surface area contributed by atoms with E-state index in [4.69, 9.17) is 5.41 Å². The van der Waals surface area contributed by atoms with E-state index in [9.17, 15) is 4.79 Å². The molecule has 1 aromatic carbocycles. The third-order valence-electron chi connectivity index (χ3n) is 7.52. The van der Waals surface area contributed by atoms with Gasteiger partial charge in [0.15, 0.2) is 0 Å². The third kappa shape index (κ3) is 3.92. The van der Waals surface area contributed by atoms with Crippen LogP contribution in [-0.2, 0) is 11.2 Å². The molecule has 156 valence electrons. The van der Waals surface area contributed by atoms with Crippen LogP contribution in [0.4, 0.5) is 5.69 Å². The predicted molar refractivity (Wildman–Crippen MR) is 116 cm³/mol. The van der Waals surface area contributed by atoms with E-state index in [-0.39, 0.29) is 18.0 Å². The van der Waals surface area contributed by atoms with E-state index in [2.05, 4.69) is 44.7 Å². The second-order valence-corrected chi connectivity index (χ2v) is 9.34. The molecular formula is C23H33N5O. The number of nitrogens with zero attached hydrogens (tertiary/aromatic N) is 2. The van der Waals surface area contributed by atoms with Gasteiger partial charge < -0.3 is 20.9 Å². The smallest absolute Gasteiger partial charge is 0.237 e. The summed E-state index contributed by atoms with van der Waals surface area (Å²) in [6.45, 7) is 4.68. The van der Waals surface area contributed by atoms with Crippen LogP contribution in [0.3, 0.4) is 0 Å². The fourth-order valence-electron chi connectivity index (χ4n) is 5.90. The van der Waals surface area contributed by atoms with E-state index in [0.29, 0.717) is 18.4 Å². The number of anilines is 1. The van der Waals surface area contributed by atoms with Gasteiger partial charge in [0, 0.05) is 43.6 Å². The van der Waals surface area contributed by atoms with Crippen LogP contribution in [0.25, 0.3) is 0 Å². The van der Waals surface area contributed by atoms with Gasteiger partial charge in [-0.05, 0) is 68.7 Å². The van der Waals surface area contributed by atoms with Gasteiger partial charge in [0.25, 0.3) is 0 Å². The Bertz CT molecular complexity index is 750. The van der Waals surface area contributed by atoms with Crippen molar-refractivity contribution in [1.82, 2.24) is 15.5 Å². The molecule has 6 nitrogen and oxygen atoms in total. The lowest BCUT2D eigenvalue weighted by atomic mass is 9.98. The highest BCUT2D eigenvalue weighted by atomic mass is 16.2. The number of hydrogen-bond acceptors (Lipinski definition) is 5. The minimum atomic E-state index is -0.240. The fourth-order valence-corrected chi connectivity index (χ4v) is 5.90. The van der Waals surface area contributed by atoms with Gasteiger partial charge in [0.05, 0.1) is 12.1 Å². The number of hydrogen-bond donors (Lipinski definition) is 3. The third-order valence-corrected chi connectivity index (χ3v) is 7.52. The molecule has 0 aromatic heterocycles. The molecule has 0 radical (unpaired) electrons. The number of carbonyl (C=O) groups excluding carboxylic acids is 1. The molecule has 3 heterocycles. The Morgan fingerprint density at radius 3 is 2.79 bits per heavy atom. The number of piperidine rings is 1. The molecule has 1 aliphatic carbocycles. The molecule has 5 rings (SSSR count). The molecule has 2 bridgehead atoms. The number of piperazine rings is 1. The summed E-state index contributed by atoms with van der Waals surface area (Å²) in [7, 11) is 0. The average molecular weight is 396 g/mol. The molecule has 3 N–H and O–H groups in total. The van der Waals surface area contributed by atoms with E-state index in [1.807, 2.05) is 0 Å². The number of amides is 1. The Labute approximate surface area is 173 Å². The van der Waals surface area contributed by atoms with Crippen LogP contribution in [0.5, 0.6) is 0 Å². The van der Waals surface area contributed by atoms with Gasteiger partial charge in [0.1, 0.15) is 0 Å². The maximum Gasteiger partial charge on any atom is 0.237 e. The van der Waals surface area contributed by atoms with E-state index >= 15 is 0 Å². The molecule has 4 aliphatic rings. The molecular weight excluding hydrogens is 362 g/mol. The van der Waals surface area contributed by atoms with Crippen molar-refractivity contribution in [2.24, 2.45) is 5.92 Å². The number of fused-ring (bicyclic) bond motifs is 3. The maximum atomic E-state index is 12.7. The van der Waals surface area contributed by atoms with Crippen LogP contribution in [-0.4, -0.2) is 67.4 Å². The highest BCUT2D eigenvalue weighted by Gasteiger charge is 2.42. The zero-order valence-electron chi connectivity index (χ0n) is 17.1. The minimum Gasteiger partial charge on any atom is -0.369 e. The monoisotopic (exact) mass is 395 g/mol. The molecule has 6 heteroatoms. The quantitative estimate of drug-likeness (QED) is 0.642. The predicted octanol–water partition coefficient (Wildman–Crippen LogP) is 1.79. The summed E-state index contributed by atoms with van der Waals surface area (Å²) in [4.78, 5) is 17.8. The van der Waals surface area contributed by atoms with Crippen molar-refractivity contribution < 1.29 is 4.79 Å². The molecule has 0 spiro atoms. The van der Waals surface area contributed by atoms with Crippen LogP contribution in [0.15, 0.2) is 24.3 Å². The molecule has 5 atom stereocenters. The molecule has 29 heavy (non-hydrogen) atoms. The van der Waals surface area contributed by atoms with Crippen molar-refractivity contribution in [3.63, 3.8) is 0 Å². The second-order valence-electron chi connectivity index (χ2n) is 9.34. The van der Waals surface area contributed by atoms with E-state index in [1.54, 1.807) is 0 Å². The first-order chi connectivity index (χ1) is 14.2. The Morgan fingerprint density at radius 2 is 2.07 bits per heavy atom. The van der Waals surface area contributed by atoms with Gasteiger partial charge in [-0.2, -0.15) is 0 Å². The van der Waals surface area contributed by atoms with Crippen LogP contribution in [0.1, 0.15) is 37.7 Å². The topological polar surface area (TPSA) is 71.5 Å². The lowest BCUT2D eigenvalue weighted by Crippen LogP contribution is -2.51. The zero-order chi connectivity index (χ0) is 19.8. The maximum absolute atomic E-state index is 12.7. The van der Waals surface area contributed by atoms with Gasteiger partial charge in [-0.3, -0.25) is 9.69 Å². The SMILES string of the molecule is N=CC(Cc1ccc(N2CCN3CCCC3C2)cc1)NC(=O)C1NC2CCC1C2. The van der Waals surface area contributed by atoms with Gasteiger partial charge in [-0.25, -0.2) is 0 Å². The summed E-state index contributed by atoms with van der Waals surface area (Å²) in [5.41, 5.74) is 2.46. The van der Waals surface area contributed by atoms with Crippen molar-refractivity contribution >= 4 is 17.8 Å². The van der Waals surface area contributed by atoms with Crippen LogP contribution in [0.2, 0.25) is 0 Å². The molecule has 5 unspecified atom stereocenters. The van der Waals surface area contributed by atoms with Crippen molar-refractivity contribution in [2.75, 3.05) is 31.1 Å². The first-order valence-corrected chi connectivity index (χ1v) is 11.3. The molecule has 3 aliphatic heterocycles. The number of nitrogens with one attached hydrogen (secondary N) is 3. The van der Waals surface area contributed by atoms with Crippen molar-refractivity contribution in [2.45, 2.75) is 62.7 Å². The summed E-state index contributed by atoms with van der Waals surface area (Å²) in [6.07, 6.45) is 8.19. The summed E-state index contributed by atoms with van der Waals surface area (Å²) < 4.78 is 0. The highest BCUT2D eigenvalue weighted by molar-refractivity contribution is 5.85. The van der Waals surface area contributed by atoms with Crippen molar-refractivity contribution in [1.29, 1.82) is 5.41 Å². The fraction of sp³-hybridized carbons (Fsp3) is 0.652. The minimum absolute atomic E-state index is 0.0622. The normalized spacial score (nSPS) is 32.2. The van der Waals surface area contributed by atoms with Crippen molar-refractivity contribution in [3.05, 3.63) is 29.8 Å². The standard InChI is InChI=1S/C23H33N5O/c24-14-19(26-23(29)22-17-5-6-18(13-17)25-22)12-16-3-7-20(8-4-16)28-11-10-27-9-1-2-21(27)15-28/h3-4,7-8,14,17-19,21-22,24-25H,1-2,5-6,9-13,15H2,(H,26,29). The second kappa shape index (κ2) is 8.07. The largest absolute Gasteiger partial charge is 0.369 e. The number of carbonyl (C=O) groups is 1. The van der Waals surface area contributed by atoms with Gasteiger partial charge in [-0.15, -0.1) is 0 Å². The molecule has 1 aromatic rings. The lowest BCUT2D eigenvalue weighted by Gasteiger charge is -2.38. The number of rotatable bonds is 6. The molecule has 3 saturated heterocycles. The summed E-state index contributed by atoms with van der Waals surface area (Å²) in [6, 6.07) is 9.68. The Balaban J connectivity index is 1.16. The summed E-state index contributed by atoms with van der Waals surface area (Å²) >= 11 is 0.